The largest absolute Gasteiger partial charge is 0.491 e. The molecule has 0 fully saturated rings. The number of hydrogen-bond acceptors (Lipinski definition) is 12. The van der Waals surface area contributed by atoms with Crippen molar-refractivity contribution >= 4 is 0 Å². The molecular formula is C43H80O12. The third kappa shape index (κ3) is 40.6. The minimum atomic E-state index is 0.516. The van der Waals surface area contributed by atoms with E-state index in [1.807, 2.05) is 0 Å². The molecule has 0 aliphatic rings. The summed E-state index contributed by atoms with van der Waals surface area (Å²) in [6.07, 6.45) is 15.4. The van der Waals surface area contributed by atoms with Crippen LogP contribution in [-0.2, 0) is 58.5 Å². The van der Waals surface area contributed by atoms with Crippen molar-refractivity contribution in [3.63, 3.8) is 0 Å². The smallest absolute Gasteiger partial charge is 0.119 e. The van der Waals surface area contributed by atoms with Gasteiger partial charge in [-0.25, -0.2) is 0 Å². The summed E-state index contributed by atoms with van der Waals surface area (Å²) < 4.78 is 66.6. The van der Waals surface area contributed by atoms with Gasteiger partial charge in [0.25, 0.3) is 0 Å². The molecule has 0 atom stereocenters. The first kappa shape index (κ1) is 51.6. The highest BCUT2D eigenvalue weighted by atomic mass is 16.6. The van der Waals surface area contributed by atoms with Crippen LogP contribution >= 0.6 is 0 Å². The zero-order valence-electron chi connectivity index (χ0n) is 35.0. The van der Waals surface area contributed by atoms with Crippen molar-refractivity contribution in [3.05, 3.63) is 29.8 Å². The molecule has 0 aromatic heterocycles. The van der Waals surface area contributed by atoms with Gasteiger partial charge in [0, 0.05) is 6.61 Å². The van der Waals surface area contributed by atoms with Crippen molar-refractivity contribution < 1.29 is 56.8 Å². The lowest BCUT2D eigenvalue weighted by molar-refractivity contribution is -0.0277. The number of aryl methyl sites for hydroxylation is 1. The van der Waals surface area contributed by atoms with E-state index in [2.05, 4.69) is 38.1 Å². The molecule has 0 aliphatic heterocycles. The second kappa shape index (κ2) is 45.3. The average Bonchev–Trinajstić information content (AvgIpc) is 3.20. The molecule has 0 heterocycles. The number of ether oxygens (including phenoxy) is 12. The fourth-order valence-electron chi connectivity index (χ4n) is 5.19. The topological polar surface area (TPSA) is 111 Å². The number of hydrogen-bond donors (Lipinski definition) is 0. The highest BCUT2D eigenvalue weighted by Gasteiger charge is 1.99. The van der Waals surface area contributed by atoms with E-state index in [0.717, 1.165) is 25.2 Å². The Morgan fingerprint density at radius 3 is 0.891 bits per heavy atom. The van der Waals surface area contributed by atoms with Crippen LogP contribution in [0, 0.1) is 0 Å². The van der Waals surface area contributed by atoms with Gasteiger partial charge in [0.15, 0.2) is 0 Å². The molecule has 0 spiro atoms. The predicted octanol–water partition coefficient (Wildman–Crippen LogP) is 7.12. The van der Waals surface area contributed by atoms with Gasteiger partial charge < -0.3 is 56.8 Å². The average molecular weight is 789 g/mol. The summed E-state index contributed by atoms with van der Waals surface area (Å²) in [6, 6.07) is 8.44. The molecule has 0 aliphatic carbocycles. The maximum atomic E-state index is 5.78. The first-order chi connectivity index (χ1) is 27.4. The van der Waals surface area contributed by atoms with Crippen molar-refractivity contribution in [3.8, 4) is 5.75 Å². The van der Waals surface area contributed by atoms with E-state index in [9.17, 15) is 0 Å². The molecule has 12 heteroatoms. The Bertz CT molecular complexity index is 847. The van der Waals surface area contributed by atoms with Crippen molar-refractivity contribution in [2.75, 3.05) is 152 Å². The van der Waals surface area contributed by atoms with Crippen LogP contribution in [0.25, 0.3) is 0 Å². The minimum Gasteiger partial charge on any atom is -0.491 e. The second-order valence-electron chi connectivity index (χ2n) is 13.2. The summed E-state index contributed by atoms with van der Waals surface area (Å²) in [7, 11) is 0. The molecule has 324 valence electrons. The fourth-order valence-corrected chi connectivity index (χ4v) is 5.19. The third-order valence-electron chi connectivity index (χ3n) is 8.35. The molecule has 0 amide bonds. The maximum absolute atomic E-state index is 5.78. The molecule has 0 saturated carbocycles. The molecule has 12 nitrogen and oxygen atoms in total. The standard InChI is InChI=1S/C43H80O12/c1-3-5-7-9-10-12-14-42-15-17-43(18-16-42)55-41-40-54-39-38-53-37-36-52-35-34-51-33-32-50-31-30-49-29-28-48-27-26-47-25-24-46-23-22-45-21-20-44-19-13-11-8-6-4-2/h15-18H,3-14,19-41H2,1-2H3. The lowest BCUT2D eigenvalue weighted by atomic mass is 10.0. The molecule has 0 bridgehead atoms. The molecule has 0 radical (unpaired) electrons. The van der Waals surface area contributed by atoms with Gasteiger partial charge in [0.2, 0.25) is 0 Å². The Hall–Kier alpha value is -1.42. The third-order valence-corrected chi connectivity index (χ3v) is 8.35. The summed E-state index contributed by atoms with van der Waals surface area (Å²) in [6.45, 7) is 17.1. The Morgan fingerprint density at radius 1 is 0.273 bits per heavy atom. The molecule has 55 heavy (non-hydrogen) atoms. The predicted molar refractivity (Wildman–Crippen MR) is 217 cm³/mol. The monoisotopic (exact) mass is 789 g/mol. The molecular weight excluding hydrogens is 708 g/mol. The normalized spacial score (nSPS) is 11.5. The number of unbranched alkanes of at least 4 members (excludes halogenated alkanes) is 9. The summed E-state index contributed by atoms with van der Waals surface area (Å²) in [5.74, 6) is 0.887. The van der Waals surface area contributed by atoms with Crippen LogP contribution in [0.1, 0.15) is 90.0 Å². The van der Waals surface area contributed by atoms with Crippen LogP contribution in [0.2, 0.25) is 0 Å². The van der Waals surface area contributed by atoms with Crippen LogP contribution in [-0.4, -0.2) is 152 Å². The summed E-state index contributed by atoms with van der Waals surface area (Å²) >= 11 is 0. The van der Waals surface area contributed by atoms with Crippen LogP contribution in [0.3, 0.4) is 0 Å². The van der Waals surface area contributed by atoms with Crippen molar-refractivity contribution in [1.82, 2.24) is 0 Å². The maximum Gasteiger partial charge on any atom is 0.119 e. The van der Waals surface area contributed by atoms with Gasteiger partial charge in [-0.15, -0.1) is 0 Å². The van der Waals surface area contributed by atoms with Crippen molar-refractivity contribution in [1.29, 1.82) is 0 Å². The van der Waals surface area contributed by atoms with Crippen LogP contribution < -0.4 is 4.74 Å². The van der Waals surface area contributed by atoms with Gasteiger partial charge in [0.1, 0.15) is 12.4 Å². The Morgan fingerprint density at radius 2 is 0.545 bits per heavy atom. The molecule has 0 saturated heterocycles. The summed E-state index contributed by atoms with van der Waals surface area (Å²) in [4.78, 5) is 0. The molecule has 1 aromatic carbocycles. The minimum absolute atomic E-state index is 0.516. The van der Waals surface area contributed by atoms with Crippen LogP contribution in [0.15, 0.2) is 24.3 Å². The molecule has 1 rings (SSSR count). The SMILES string of the molecule is CCCCCCCCc1ccc(OCCOCCOCCOCCOCCOCCOCCOCCOCCOCCOCCOCCCCCCC)cc1. The fraction of sp³-hybridized carbons (Fsp3) is 0.860. The lowest BCUT2D eigenvalue weighted by Crippen LogP contribution is -2.15. The van der Waals surface area contributed by atoms with Gasteiger partial charge >= 0.3 is 0 Å². The quantitative estimate of drug-likeness (QED) is 0.0628. The van der Waals surface area contributed by atoms with E-state index in [-0.39, 0.29) is 0 Å². The zero-order valence-corrected chi connectivity index (χ0v) is 35.0. The van der Waals surface area contributed by atoms with Gasteiger partial charge in [-0.1, -0.05) is 83.8 Å². The van der Waals surface area contributed by atoms with E-state index in [4.69, 9.17) is 56.8 Å². The van der Waals surface area contributed by atoms with Gasteiger partial charge in [0.05, 0.1) is 139 Å². The molecule has 0 unspecified atom stereocenters. The number of rotatable bonds is 47. The van der Waals surface area contributed by atoms with E-state index >= 15 is 0 Å². The van der Waals surface area contributed by atoms with E-state index < -0.39 is 0 Å². The Labute approximate surface area is 334 Å². The highest BCUT2D eigenvalue weighted by molar-refractivity contribution is 5.27. The summed E-state index contributed by atoms with van der Waals surface area (Å²) in [5.41, 5.74) is 1.38. The van der Waals surface area contributed by atoms with Gasteiger partial charge in [-0.3, -0.25) is 0 Å². The van der Waals surface area contributed by atoms with Gasteiger partial charge in [-0.05, 0) is 37.0 Å². The summed E-state index contributed by atoms with van der Waals surface area (Å²) in [5, 5.41) is 0. The van der Waals surface area contributed by atoms with E-state index in [1.165, 1.54) is 69.8 Å². The first-order valence-electron chi connectivity index (χ1n) is 21.4. The zero-order chi connectivity index (χ0) is 39.2. The lowest BCUT2D eigenvalue weighted by Gasteiger charge is -2.09. The van der Waals surface area contributed by atoms with E-state index in [0.29, 0.717) is 145 Å². The van der Waals surface area contributed by atoms with Crippen LogP contribution in [0.4, 0.5) is 0 Å². The molecule has 0 N–H and O–H groups in total. The Kier molecular flexibility index (Phi) is 42.5. The molecule has 1 aromatic rings. The Balaban J connectivity index is 1.66. The van der Waals surface area contributed by atoms with Crippen LogP contribution in [0.5, 0.6) is 5.75 Å². The van der Waals surface area contributed by atoms with Crippen molar-refractivity contribution in [2.24, 2.45) is 0 Å². The number of benzene rings is 1. The highest BCUT2D eigenvalue weighted by Crippen LogP contribution is 2.15. The van der Waals surface area contributed by atoms with Crippen molar-refractivity contribution in [2.45, 2.75) is 90.9 Å². The first-order valence-corrected chi connectivity index (χ1v) is 21.4. The van der Waals surface area contributed by atoms with E-state index in [1.54, 1.807) is 0 Å². The second-order valence-corrected chi connectivity index (χ2v) is 13.2. The van der Waals surface area contributed by atoms with Gasteiger partial charge in [-0.2, -0.15) is 0 Å².